The van der Waals surface area contributed by atoms with E-state index >= 15 is 0 Å². The predicted molar refractivity (Wildman–Crippen MR) is 57.9 cm³/mol. The molecule has 1 rings (SSSR count). The molecular formula is C11H23N2O+. The highest BCUT2D eigenvalue weighted by Gasteiger charge is 2.24. The zero-order valence-corrected chi connectivity index (χ0v) is 9.68. The molecule has 3 nitrogen and oxygen atoms in total. The number of likely N-dealkylation sites (N-methyl/N-ethyl adjacent to an activating group) is 1. The molecule has 1 amide bonds. The molecule has 0 spiro atoms. The lowest BCUT2D eigenvalue weighted by atomic mass is 10.1. The molecule has 0 bridgehead atoms. The third-order valence-corrected chi connectivity index (χ3v) is 3.07. The van der Waals surface area contributed by atoms with Gasteiger partial charge in [-0.15, -0.1) is 0 Å². The smallest absolute Gasteiger partial charge is 0.220 e. The molecule has 0 saturated carbocycles. The minimum Gasteiger partial charge on any atom is -0.350 e. The van der Waals surface area contributed by atoms with Crippen molar-refractivity contribution in [3.05, 3.63) is 0 Å². The van der Waals surface area contributed by atoms with E-state index in [0.29, 0.717) is 12.5 Å². The molecule has 1 heterocycles. The Morgan fingerprint density at radius 1 is 1.21 bits per heavy atom. The second-order valence-electron chi connectivity index (χ2n) is 5.17. The molecular weight excluding hydrogens is 176 g/mol. The van der Waals surface area contributed by atoms with Crippen molar-refractivity contribution in [1.29, 1.82) is 0 Å². The first-order valence-electron chi connectivity index (χ1n) is 5.58. The average Bonchev–Trinajstić information content (AvgIpc) is 2.15. The van der Waals surface area contributed by atoms with E-state index in [2.05, 4.69) is 26.5 Å². The molecule has 0 aromatic carbocycles. The van der Waals surface area contributed by atoms with Crippen molar-refractivity contribution in [2.75, 3.05) is 27.7 Å². The summed E-state index contributed by atoms with van der Waals surface area (Å²) in [6.45, 7) is 0.836. The van der Waals surface area contributed by atoms with Crippen molar-refractivity contribution in [3.63, 3.8) is 0 Å². The first kappa shape index (κ1) is 11.5. The SMILES string of the molecule is C[N+](C)(C)C1CCCCCC(=O)NC1. The zero-order chi connectivity index (χ0) is 10.6. The van der Waals surface area contributed by atoms with Gasteiger partial charge >= 0.3 is 0 Å². The number of hydrogen-bond donors (Lipinski definition) is 1. The zero-order valence-electron chi connectivity index (χ0n) is 9.68. The van der Waals surface area contributed by atoms with Gasteiger partial charge in [-0.25, -0.2) is 0 Å². The van der Waals surface area contributed by atoms with Crippen LogP contribution in [0.5, 0.6) is 0 Å². The number of quaternary nitrogens is 1. The molecule has 0 aliphatic carbocycles. The van der Waals surface area contributed by atoms with E-state index in [4.69, 9.17) is 0 Å². The van der Waals surface area contributed by atoms with Crippen LogP contribution in [0, 0.1) is 0 Å². The summed E-state index contributed by atoms with van der Waals surface area (Å²) in [5.41, 5.74) is 0. The highest BCUT2D eigenvalue weighted by molar-refractivity contribution is 5.75. The number of hydrogen-bond acceptors (Lipinski definition) is 1. The summed E-state index contributed by atoms with van der Waals surface area (Å²) >= 11 is 0. The van der Waals surface area contributed by atoms with Crippen molar-refractivity contribution >= 4 is 5.91 Å². The quantitative estimate of drug-likeness (QED) is 0.630. The van der Waals surface area contributed by atoms with Gasteiger partial charge in [-0.05, 0) is 12.8 Å². The molecule has 14 heavy (non-hydrogen) atoms. The molecule has 1 aliphatic heterocycles. The molecule has 1 atom stereocenters. The van der Waals surface area contributed by atoms with Crippen LogP contribution in [-0.2, 0) is 4.79 Å². The van der Waals surface area contributed by atoms with Crippen molar-refractivity contribution < 1.29 is 9.28 Å². The lowest BCUT2D eigenvalue weighted by Crippen LogP contribution is -2.50. The third kappa shape index (κ3) is 3.66. The van der Waals surface area contributed by atoms with Gasteiger partial charge in [-0.2, -0.15) is 0 Å². The first-order valence-corrected chi connectivity index (χ1v) is 5.58. The van der Waals surface area contributed by atoms with Gasteiger partial charge in [0.2, 0.25) is 5.91 Å². The Morgan fingerprint density at radius 3 is 2.57 bits per heavy atom. The molecule has 82 valence electrons. The highest BCUT2D eigenvalue weighted by Crippen LogP contribution is 2.14. The van der Waals surface area contributed by atoms with E-state index in [1.165, 1.54) is 19.3 Å². The Kier molecular flexibility index (Phi) is 3.93. The average molecular weight is 199 g/mol. The Morgan fingerprint density at radius 2 is 1.93 bits per heavy atom. The molecule has 1 aliphatic rings. The summed E-state index contributed by atoms with van der Waals surface area (Å²) in [4.78, 5) is 11.3. The van der Waals surface area contributed by atoms with E-state index in [0.717, 1.165) is 17.4 Å². The highest BCUT2D eigenvalue weighted by atomic mass is 16.1. The maximum absolute atomic E-state index is 11.3. The van der Waals surface area contributed by atoms with Crippen LogP contribution in [0.3, 0.4) is 0 Å². The van der Waals surface area contributed by atoms with E-state index in [-0.39, 0.29) is 5.91 Å². The topological polar surface area (TPSA) is 29.1 Å². The minimum atomic E-state index is 0.227. The van der Waals surface area contributed by atoms with Crippen LogP contribution >= 0.6 is 0 Å². The summed E-state index contributed by atoms with van der Waals surface area (Å²) in [6.07, 6.45) is 5.45. The molecule has 0 aromatic heterocycles. The maximum Gasteiger partial charge on any atom is 0.220 e. The number of amides is 1. The molecule has 1 saturated heterocycles. The van der Waals surface area contributed by atoms with E-state index in [1.54, 1.807) is 0 Å². The van der Waals surface area contributed by atoms with Crippen molar-refractivity contribution in [2.45, 2.75) is 38.1 Å². The summed E-state index contributed by atoms with van der Waals surface area (Å²) < 4.78 is 0.945. The summed E-state index contributed by atoms with van der Waals surface area (Å²) in [5.74, 6) is 0.227. The minimum absolute atomic E-state index is 0.227. The second kappa shape index (κ2) is 4.78. The third-order valence-electron chi connectivity index (χ3n) is 3.07. The molecule has 1 fully saturated rings. The largest absolute Gasteiger partial charge is 0.350 e. The fraction of sp³-hybridized carbons (Fsp3) is 0.909. The van der Waals surface area contributed by atoms with E-state index < -0.39 is 0 Å². The van der Waals surface area contributed by atoms with Crippen LogP contribution in [0.1, 0.15) is 32.1 Å². The normalized spacial score (nSPS) is 25.9. The summed E-state index contributed by atoms with van der Waals surface area (Å²) in [6, 6.07) is 0.567. The lowest BCUT2D eigenvalue weighted by molar-refractivity contribution is -0.895. The van der Waals surface area contributed by atoms with Crippen molar-refractivity contribution in [3.8, 4) is 0 Å². The summed E-state index contributed by atoms with van der Waals surface area (Å²) in [5, 5.41) is 3.03. The van der Waals surface area contributed by atoms with Crippen LogP contribution in [0.4, 0.5) is 0 Å². The number of carbonyl (C=O) groups excluding carboxylic acids is 1. The van der Waals surface area contributed by atoms with Crippen LogP contribution in [0.15, 0.2) is 0 Å². The van der Waals surface area contributed by atoms with Gasteiger partial charge in [-0.3, -0.25) is 4.79 Å². The fourth-order valence-electron chi connectivity index (χ4n) is 1.93. The Bertz CT molecular complexity index is 196. The standard InChI is InChI=1S/C11H22N2O/c1-13(2,3)10-7-5-4-6-8-11(14)12-9-10/h10H,4-9H2,1-3H3/p+1. The Labute approximate surface area is 87.1 Å². The monoisotopic (exact) mass is 199 g/mol. The first-order chi connectivity index (χ1) is 6.50. The molecule has 3 heteroatoms. The van der Waals surface area contributed by atoms with Gasteiger partial charge in [0.05, 0.1) is 27.7 Å². The molecule has 0 radical (unpaired) electrons. The number of rotatable bonds is 1. The number of nitrogens with zero attached hydrogens (tertiary/aromatic N) is 1. The molecule has 1 unspecified atom stereocenters. The van der Waals surface area contributed by atoms with E-state index in [9.17, 15) is 4.79 Å². The van der Waals surface area contributed by atoms with Crippen LogP contribution < -0.4 is 5.32 Å². The summed E-state index contributed by atoms with van der Waals surface area (Å²) in [7, 11) is 6.61. The van der Waals surface area contributed by atoms with Gasteiger partial charge in [0.1, 0.15) is 6.04 Å². The Hall–Kier alpha value is -0.570. The lowest BCUT2D eigenvalue weighted by Gasteiger charge is -2.34. The molecule has 1 N–H and O–H groups in total. The van der Waals surface area contributed by atoms with Gasteiger partial charge in [0.15, 0.2) is 0 Å². The van der Waals surface area contributed by atoms with Gasteiger partial charge in [-0.1, -0.05) is 6.42 Å². The second-order valence-corrected chi connectivity index (χ2v) is 5.17. The fourth-order valence-corrected chi connectivity index (χ4v) is 1.93. The van der Waals surface area contributed by atoms with Crippen LogP contribution in [0.25, 0.3) is 0 Å². The number of carbonyl (C=O) groups is 1. The van der Waals surface area contributed by atoms with Gasteiger partial charge in [0.25, 0.3) is 0 Å². The molecule has 0 aromatic rings. The van der Waals surface area contributed by atoms with Crippen LogP contribution in [-0.4, -0.2) is 44.1 Å². The Balaban J connectivity index is 2.53. The maximum atomic E-state index is 11.3. The van der Waals surface area contributed by atoms with Gasteiger partial charge in [0, 0.05) is 12.8 Å². The van der Waals surface area contributed by atoms with Gasteiger partial charge < -0.3 is 9.80 Å². The van der Waals surface area contributed by atoms with Crippen molar-refractivity contribution in [2.24, 2.45) is 0 Å². The van der Waals surface area contributed by atoms with E-state index in [1.807, 2.05) is 0 Å². The number of nitrogens with one attached hydrogen (secondary N) is 1. The van der Waals surface area contributed by atoms with Crippen molar-refractivity contribution in [1.82, 2.24) is 5.32 Å². The van der Waals surface area contributed by atoms with Crippen LogP contribution in [0.2, 0.25) is 0 Å². The predicted octanol–water partition coefficient (Wildman–Crippen LogP) is 1.14.